The van der Waals surface area contributed by atoms with Crippen molar-refractivity contribution < 1.29 is 13.9 Å². The lowest BCUT2D eigenvalue weighted by Gasteiger charge is -1.98. The Labute approximate surface area is 97.9 Å². The van der Waals surface area contributed by atoms with Crippen LogP contribution in [0.2, 0.25) is 5.15 Å². The molecule has 0 N–H and O–H groups in total. The summed E-state index contributed by atoms with van der Waals surface area (Å²) in [6, 6.07) is 1.48. The zero-order valence-electron chi connectivity index (χ0n) is 8.74. The number of ether oxygens (including phenoxy) is 1. The van der Waals surface area contributed by atoms with Crippen LogP contribution in [0.1, 0.15) is 18.9 Å². The van der Waals surface area contributed by atoms with Gasteiger partial charge in [-0.2, -0.15) is 0 Å². The van der Waals surface area contributed by atoms with Crippen molar-refractivity contribution in [1.29, 1.82) is 0 Å². The number of hydrogen-bond acceptors (Lipinski definition) is 3. The van der Waals surface area contributed by atoms with Crippen LogP contribution < -0.4 is 0 Å². The van der Waals surface area contributed by atoms with Crippen LogP contribution in [0.5, 0.6) is 0 Å². The van der Waals surface area contributed by atoms with Crippen molar-refractivity contribution in [2.75, 3.05) is 6.61 Å². The van der Waals surface area contributed by atoms with Crippen molar-refractivity contribution in [2.24, 2.45) is 0 Å². The highest BCUT2D eigenvalue weighted by atomic mass is 35.5. The van der Waals surface area contributed by atoms with Gasteiger partial charge in [-0.25, -0.2) is 9.37 Å². The quantitative estimate of drug-likeness (QED) is 0.603. The molecule has 0 unspecified atom stereocenters. The second-order valence-corrected chi connectivity index (χ2v) is 3.27. The van der Waals surface area contributed by atoms with Gasteiger partial charge >= 0.3 is 5.97 Å². The first-order chi connectivity index (χ1) is 7.65. The molecule has 1 rings (SSSR count). The number of carbonyl (C=O) groups is 1. The SMILES string of the molecule is CCOC(=O)CC=Cc1ccnc(Cl)c1F. The van der Waals surface area contributed by atoms with E-state index in [2.05, 4.69) is 4.98 Å². The molecule has 16 heavy (non-hydrogen) atoms. The molecule has 86 valence electrons. The number of esters is 1. The first-order valence-corrected chi connectivity index (χ1v) is 5.15. The van der Waals surface area contributed by atoms with E-state index in [4.69, 9.17) is 16.3 Å². The Morgan fingerprint density at radius 1 is 1.69 bits per heavy atom. The lowest BCUT2D eigenvalue weighted by Crippen LogP contribution is -2.01. The number of halogens is 2. The zero-order chi connectivity index (χ0) is 12.0. The highest BCUT2D eigenvalue weighted by Crippen LogP contribution is 2.16. The average Bonchev–Trinajstić information content (AvgIpc) is 2.25. The highest BCUT2D eigenvalue weighted by molar-refractivity contribution is 6.29. The van der Waals surface area contributed by atoms with Gasteiger partial charge in [-0.1, -0.05) is 23.8 Å². The minimum absolute atomic E-state index is 0.104. The molecular weight excluding hydrogens is 233 g/mol. The molecule has 0 bridgehead atoms. The topological polar surface area (TPSA) is 39.2 Å². The molecular formula is C11H11ClFNO2. The molecule has 0 amide bonds. The minimum Gasteiger partial charge on any atom is -0.466 e. The van der Waals surface area contributed by atoms with Gasteiger partial charge in [0.15, 0.2) is 11.0 Å². The van der Waals surface area contributed by atoms with Crippen LogP contribution in [-0.4, -0.2) is 17.6 Å². The van der Waals surface area contributed by atoms with Gasteiger partial charge in [-0.3, -0.25) is 4.79 Å². The Balaban J connectivity index is 2.63. The van der Waals surface area contributed by atoms with Crippen LogP contribution in [0, 0.1) is 5.82 Å². The van der Waals surface area contributed by atoms with Crippen LogP contribution in [0.15, 0.2) is 18.3 Å². The van der Waals surface area contributed by atoms with Gasteiger partial charge in [-0.05, 0) is 13.0 Å². The molecule has 3 nitrogen and oxygen atoms in total. The molecule has 0 saturated carbocycles. The summed E-state index contributed by atoms with van der Waals surface area (Å²) in [5.74, 6) is -0.941. The van der Waals surface area contributed by atoms with E-state index in [0.717, 1.165) is 0 Å². The summed E-state index contributed by atoms with van der Waals surface area (Å²) < 4.78 is 18.0. The monoisotopic (exact) mass is 243 g/mol. The Morgan fingerprint density at radius 2 is 2.44 bits per heavy atom. The normalized spacial score (nSPS) is 10.7. The number of carbonyl (C=O) groups excluding carboxylic acids is 1. The maximum absolute atomic E-state index is 13.3. The minimum atomic E-state index is -0.593. The molecule has 0 atom stereocenters. The molecule has 0 aromatic carbocycles. The predicted molar refractivity (Wildman–Crippen MR) is 59.5 cm³/mol. The molecule has 0 aliphatic heterocycles. The van der Waals surface area contributed by atoms with E-state index in [-0.39, 0.29) is 17.5 Å². The average molecular weight is 244 g/mol. The molecule has 0 fully saturated rings. The van der Waals surface area contributed by atoms with E-state index < -0.39 is 5.82 Å². The standard InChI is InChI=1S/C11H11ClFNO2/c1-2-16-9(15)5-3-4-8-6-7-14-11(12)10(8)13/h3-4,6-7H,2,5H2,1H3. The van der Waals surface area contributed by atoms with Gasteiger partial charge < -0.3 is 4.74 Å². The lowest BCUT2D eigenvalue weighted by atomic mass is 10.2. The third-order valence-corrected chi connectivity index (χ3v) is 2.03. The van der Waals surface area contributed by atoms with Crippen LogP contribution in [0.25, 0.3) is 6.08 Å². The molecule has 1 aromatic rings. The molecule has 0 spiro atoms. The van der Waals surface area contributed by atoms with Crippen molar-refractivity contribution in [3.63, 3.8) is 0 Å². The lowest BCUT2D eigenvalue weighted by molar-refractivity contribution is -0.142. The number of hydrogen-bond donors (Lipinski definition) is 0. The largest absolute Gasteiger partial charge is 0.466 e. The molecule has 5 heteroatoms. The molecule has 0 radical (unpaired) electrons. The van der Waals surface area contributed by atoms with Gasteiger partial charge in [0.25, 0.3) is 0 Å². The van der Waals surface area contributed by atoms with Crippen LogP contribution >= 0.6 is 11.6 Å². The summed E-state index contributed by atoms with van der Waals surface area (Å²) in [5.41, 5.74) is 0.296. The van der Waals surface area contributed by atoms with E-state index in [9.17, 15) is 9.18 Å². The van der Waals surface area contributed by atoms with Crippen LogP contribution in [0.3, 0.4) is 0 Å². The third-order valence-electron chi connectivity index (χ3n) is 1.76. The van der Waals surface area contributed by atoms with E-state index in [1.165, 1.54) is 24.4 Å². The Kier molecular flexibility index (Phi) is 4.92. The Hall–Kier alpha value is -1.42. The number of rotatable bonds is 4. The summed E-state index contributed by atoms with van der Waals surface area (Å²) in [5, 5.41) is -0.182. The van der Waals surface area contributed by atoms with Crippen molar-refractivity contribution in [1.82, 2.24) is 4.98 Å². The smallest absolute Gasteiger partial charge is 0.309 e. The molecule has 1 heterocycles. The summed E-state index contributed by atoms with van der Waals surface area (Å²) in [6.07, 6.45) is 4.50. The molecule has 1 aromatic heterocycles. The van der Waals surface area contributed by atoms with Crippen molar-refractivity contribution in [2.45, 2.75) is 13.3 Å². The molecule has 0 aliphatic rings. The van der Waals surface area contributed by atoms with Crippen molar-refractivity contribution >= 4 is 23.6 Å². The predicted octanol–water partition coefficient (Wildman–Crippen LogP) is 2.84. The summed E-state index contributed by atoms with van der Waals surface area (Å²) in [4.78, 5) is 14.6. The fourth-order valence-electron chi connectivity index (χ4n) is 1.06. The van der Waals surface area contributed by atoms with Gasteiger partial charge in [0, 0.05) is 11.8 Å². The first kappa shape index (κ1) is 12.6. The van der Waals surface area contributed by atoms with E-state index >= 15 is 0 Å². The van der Waals surface area contributed by atoms with E-state index in [0.29, 0.717) is 12.2 Å². The van der Waals surface area contributed by atoms with Gasteiger partial charge in [0.05, 0.1) is 13.0 Å². The second kappa shape index (κ2) is 6.23. The highest BCUT2D eigenvalue weighted by Gasteiger charge is 2.04. The summed E-state index contributed by atoms with van der Waals surface area (Å²) in [6.45, 7) is 2.06. The van der Waals surface area contributed by atoms with Gasteiger partial charge in [0.2, 0.25) is 0 Å². The van der Waals surface area contributed by atoms with Crippen LogP contribution in [0.4, 0.5) is 4.39 Å². The van der Waals surface area contributed by atoms with Gasteiger partial charge in [0.1, 0.15) is 0 Å². The zero-order valence-corrected chi connectivity index (χ0v) is 9.50. The number of pyridine rings is 1. The fraction of sp³-hybridized carbons (Fsp3) is 0.273. The second-order valence-electron chi connectivity index (χ2n) is 2.92. The van der Waals surface area contributed by atoms with Gasteiger partial charge in [-0.15, -0.1) is 0 Å². The fourth-order valence-corrected chi connectivity index (χ4v) is 1.23. The molecule has 0 saturated heterocycles. The summed E-state index contributed by atoms with van der Waals surface area (Å²) >= 11 is 5.49. The maximum atomic E-state index is 13.3. The number of nitrogens with zero attached hydrogens (tertiary/aromatic N) is 1. The van der Waals surface area contributed by atoms with Crippen LogP contribution in [-0.2, 0) is 9.53 Å². The first-order valence-electron chi connectivity index (χ1n) is 4.77. The Bertz CT molecular complexity index is 407. The van der Waals surface area contributed by atoms with E-state index in [1.807, 2.05) is 0 Å². The van der Waals surface area contributed by atoms with E-state index in [1.54, 1.807) is 6.92 Å². The Morgan fingerprint density at radius 3 is 3.12 bits per heavy atom. The maximum Gasteiger partial charge on any atom is 0.309 e. The van der Waals surface area contributed by atoms with Crippen molar-refractivity contribution in [3.05, 3.63) is 34.9 Å². The molecule has 0 aliphatic carbocycles. The third kappa shape index (κ3) is 3.62. The number of aromatic nitrogens is 1. The van der Waals surface area contributed by atoms with Crippen molar-refractivity contribution in [3.8, 4) is 0 Å². The summed E-state index contributed by atoms with van der Waals surface area (Å²) in [7, 11) is 0.